The van der Waals surface area contributed by atoms with Crippen molar-refractivity contribution in [2.75, 3.05) is 13.3 Å². The number of hydrogen-bond donors (Lipinski definition) is 2. The minimum atomic E-state index is -0.863. The second-order valence-electron chi connectivity index (χ2n) is 9.88. The summed E-state index contributed by atoms with van der Waals surface area (Å²) in [6, 6.07) is 0.456. The Labute approximate surface area is 201 Å². The van der Waals surface area contributed by atoms with Gasteiger partial charge in [-0.3, -0.25) is 9.59 Å². The van der Waals surface area contributed by atoms with E-state index < -0.39 is 24.8 Å². The van der Waals surface area contributed by atoms with Gasteiger partial charge >= 0.3 is 18.0 Å². The van der Waals surface area contributed by atoms with E-state index in [4.69, 9.17) is 9.47 Å². The van der Waals surface area contributed by atoms with Gasteiger partial charge in [0.2, 0.25) is 6.79 Å². The van der Waals surface area contributed by atoms with E-state index in [1.54, 1.807) is 0 Å². The zero-order valence-corrected chi connectivity index (χ0v) is 20.2. The second-order valence-corrected chi connectivity index (χ2v) is 9.88. The Hall–Kier alpha value is -2.58. The largest absolute Gasteiger partial charge is 0.481 e. The molecule has 2 fully saturated rings. The highest BCUT2D eigenvalue weighted by Gasteiger charge is 2.24. The minimum absolute atomic E-state index is 0.0916. The van der Waals surface area contributed by atoms with Gasteiger partial charge in [0.25, 0.3) is 0 Å². The molecule has 2 saturated carbocycles. The molecule has 0 aliphatic heterocycles. The molecule has 1 aromatic rings. The van der Waals surface area contributed by atoms with E-state index in [0.717, 1.165) is 56.6 Å². The summed E-state index contributed by atoms with van der Waals surface area (Å²) in [7, 11) is 0. The standard InChI is InChI=1S/C25H39N3O6/c1-18-9-11-22(12-10-18)28-15-21(27-16-28)14-20(23(29)30)8-5-13-26-25(32)34-17-33-24(31)19-6-3-2-4-7-19/h15-16,18-20,22H,2-14,17H2,1H3,(H,26,32)(H,29,30)/t18?,20-,22?/m0/s1. The van der Waals surface area contributed by atoms with E-state index in [1.165, 1.54) is 12.8 Å². The van der Waals surface area contributed by atoms with E-state index in [-0.39, 0.29) is 18.4 Å². The number of nitrogens with one attached hydrogen (secondary N) is 1. The van der Waals surface area contributed by atoms with E-state index in [1.807, 2.05) is 12.5 Å². The van der Waals surface area contributed by atoms with E-state index in [9.17, 15) is 19.5 Å². The number of rotatable bonds is 11. The molecular formula is C25H39N3O6. The zero-order chi connectivity index (χ0) is 24.3. The number of carboxylic acid groups (broad SMARTS) is 1. The number of carbonyl (C=O) groups excluding carboxylic acids is 2. The van der Waals surface area contributed by atoms with Crippen molar-refractivity contribution in [1.82, 2.24) is 14.9 Å². The number of ether oxygens (including phenoxy) is 2. The van der Waals surface area contributed by atoms with Crippen LogP contribution in [-0.4, -0.2) is 46.0 Å². The average molecular weight is 478 g/mol. The number of nitrogens with zero attached hydrogens (tertiary/aromatic N) is 2. The Morgan fingerprint density at radius 1 is 1.12 bits per heavy atom. The molecule has 2 aliphatic carbocycles. The van der Waals surface area contributed by atoms with Gasteiger partial charge in [0.05, 0.1) is 23.9 Å². The van der Waals surface area contributed by atoms with Gasteiger partial charge in [-0.15, -0.1) is 0 Å². The zero-order valence-electron chi connectivity index (χ0n) is 20.2. The number of amides is 1. The van der Waals surface area contributed by atoms with Crippen LogP contribution in [0.5, 0.6) is 0 Å². The Bertz CT molecular complexity index is 796. The summed E-state index contributed by atoms with van der Waals surface area (Å²) in [5, 5.41) is 12.2. The fourth-order valence-electron chi connectivity index (χ4n) is 4.98. The topological polar surface area (TPSA) is 120 Å². The molecule has 34 heavy (non-hydrogen) atoms. The molecule has 0 bridgehead atoms. The number of carboxylic acids is 1. The van der Waals surface area contributed by atoms with Crippen LogP contribution in [0.2, 0.25) is 0 Å². The van der Waals surface area contributed by atoms with Crippen LogP contribution in [0, 0.1) is 17.8 Å². The van der Waals surface area contributed by atoms with Crippen LogP contribution in [0.4, 0.5) is 4.79 Å². The number of carbonyl (C=O) groups is 3. The molecular weight excluding hydrogens is 438 g/mol. The smallest absolute Gasteiger partial charge is 0.410 e. The molecule has 2 aliphatic rings. The summed E-state index contributed by atoms with van der Waals surface area (Å²) < 4.78 is 12.1. The highest BCUT2D eigenvalue weighted by molar-refractivity contribution is 5.73. The predicted molar refractivity (Wildman–Crippen MR) is 125 cm³/mol. The van der Waals surface area contributed by atoms with Crippen molar-refractivity contribution in [3.05, 3.63) is 18.2 Å². The van der Waals surface area contributed by atoms with Crippen LogP contribution in [0.25, 0.3) is 0 Å². The first kappa shape index (κ1) is 26.0. The van der Waals surface area contributed by atoms with Crippen molar-refractivity contribution in [3.63, 3.8) is 0 Å². The lowest BCUT2D eigenvalue weighted by Gasteiger charge is -2.26. The Morgan fingerprint density at radius 3 is 2.56 bits per heavy atom. The van der Waals surface area contributed by atoms with Crippen molar-refractivity contribution in [1.29, 1.82) is 0 Å². The molecule has 1 aromatic heterocycles. The van der Waals surface area contributed by atoms with Crippen molar-refractivity contribution in [3.8, 4) is 0 Å². The Kier molecular flexibility index (Phi) is 10.2. The Balaban J connectivity index is 1.31. The van der Waals surface area contributed by atoms with E-state index in [0.29, 0.717) is 25.3 Å². The molecule has 9 heteroatoms. The summed E-state index contributed by atoms with van der Waals surface area (Å²) in [5.74, 6) is -1.05. The summed E-state index contributed by atoms with van der Waals surface area (Å²) in [6.45, 7) is 2.17. The Morgan fingerprint density at radius 2 is 1.85 bits per heavy atom. The lowest BCUT2D eigenvalue weighted by molar-refractivity contribution is -0.158. The number of imidazole rings is 1. The van der Waals surface area contributed by atoms with Crippen LogP contribution in [0.15, 0.2) is 12.5 Å². The van der Waals surface area contributed by atoms with Gasteiger partial charge in [0.1, 0.15) is 0 Å². The number of aliphatic carboxylic acids is 1. The van der Waals surface area contributed by atoms with Crippen LogP contribution >= 0.6 is 0 Å². The maximum atomic E-state index is 11.9. The van der Waals surface area contributed by atoms with Gasteiger partial charge in [-0.1, -0.05) is 26.2 Å². The third-order valence-corrected chi connectivity index (χ3v) is 7.20. The molecule has 1 atom stereocenters. The van der Waals surface area contributed by atoms with E-state index in [2.05, 4.69) is 21.8 Å². The minimum Gasteiger partial charge on any atom is -0.481 e. The number of alkyl carbamates (subject to hydrolysis) is 1. The van der Waals surface area contributed by atoms with Crippen molar-refractivity contribution >= 4 is 18.0 Å². The third kappa shape index (κ3) is 8.33. The summed E-state index contributed by atoms with van der Waals surface area (Å²) in [6.07, 6.45) is 14.0. The number of esters is 1. The molecule has 0 unspecified atom stereocenters. The second kappa shape index (κ2) is 13.3. The quantitative estimate of drug-likeness (QED) is 0.274. The van der Waals surface area contributed by atoms with Crippen LogP contribution in [0.1, 0.15) is 89.3 Å². The van der Waals surface area contributed by atoms with Crippen molar-refractivity contribution < 1.29 is 29.0 Å². The molecule has 9 nitrogen and oxygen atoms in total. The first-order valence-corrected chi connectivity index (χ1v) is 12.7. The van der Waals surface area contributed by atoms with Crippen LogP contribution in [0.3, 0.4) is 0 Å². The normalized spacial score (nSPS) is 22.0. The maximum absolute atomic E-state index is 11.9. The van der Waals surface area contributed by atoms with Gasteiger partial charge in [-0.2, -0.15) is 0 Å². The van der Waals surface area contributed by atoms with Gasteiger partial charge in [0.15, 0.2) is 0 Å². The average Bonchev–Trinajstić information content (AvgIpc) is 3.30. The van der Waals surface area contributed by atoms with Gasteiger partial charge in [0, 0.05) is 25.2 Å². The lowest BCUT2D eigenvalue weighted by Crippen LogP contribution is -2.29. The molecule has 0 aromatic carbocycles. The fraction of sp³-hybridized carbons (Fsp3) is 0.760. The molecule has 3 rings (SSSR count). The van der Waals surface area contributed by atoms with Crippen LogP contribution < -0.4 is 5.32 Å². The summed E-state index contributed by atoms with van der Waals surface area (Å²) >= 11 is 0. The number of hydrogen-bond acceptors (Lipinski definition) is 6. The van der Waals surface area contributed by atoms with E-state index >= 15 is 0 Å². The van der Waals surface area contributed by atoms with Gasteiger partial charge in [-0.05, 0) is 57.3 Å². The summed E-state index contributed by atoms with van der Waals surface area (Å²) in [4.78, 5) is 39.9. The fourth-order valence-corrected chi connectivity index (χ4v) is 4.98. The SMILES string of the molecule is CC1CCC(n2cnc(C[C@H](CCCNC(=O)OCOC(=O)C3CCCCC3)C(=O)O)c2)CC1. The highest BCUT2D eigenvalue weighted by Crippen LogP contribution is 2.32. The predicted octanol–water partition coefficient (Wildman–Crippen LogP) is 4.47. The molecule has 190 valence electrons. The molecule has 0 saturated heterocycles. The summed E-state index contributed by atoms with van der Waals surface area (Å²) in [5.41, 5.74) is 0.790. The van der Waals surface area contributed by atoms with Gasteiger partial charge in [-0.25, -0.2) is 9.78 Å². The first-order chi connectivity index (χ1) is 16.4. The molecule has 0 radical (unpaired) electrons. The molecule has 0 spiro atoms. The highest BCUT2D eigenvalue weighted by atomic mass is 16.7. The first-order valence-electron chi connectivity index (χ1n) is 12.7. The number of aromatic nitrogens is 2. The maximum Gasteiger partial charge on any atom is 0.410 e. The van der Waals surface area contributed by atoms with Crippen LogP contribution in [-0.2, 0) is 25.5 Å². The van der Waals surface area contributed by atoms with Crippen molar-refractivity contribution in [2.45, 2.75) is 90.0 Å². The monoisotopic (exact) mass is 477 g/mol. The molecule has 1 amide bonds. The van der Waals surface area contributed by atoms with Crippen molar-refractivity contribution in [2.24, 2.45) is 17.8 Å². The molecule has 1 heterocycles. The molecule has 2 N–H and O–H groups in total. The lowest BCUT2D eigenvalue weighted by atomic mass is 9.87. The van der Waals surface area contributed by atoms with Gasteiger partial charge < -0.3 is 24.5 Å². The third-order valence-electron chi connectivity index (χ3n) is 7.20.